The van der Waals surface area contributed by atoms with Crippen molar-refractivity contribution in [1.29, 1.82) is 0 Å². The van der Waals surface area contributed by atoms with Gasteiger partial charge >= 0.3 is 6.18 Å². The third kappa shape index (κ3) is 10.2. The number of pyridine rings is 1. The molecule has 7 heteroatoms. The fraction of sp³-hybridized carbons (Fsp3) is 0.621. The molecule has 2 saturated carbocycles. The summed E-state index contributed by atoms with van der Waals surface area (Å²) in [6.07, 6.45) is 8.72. The van der Waals surface area contributed by atoms with E-state index in [4.69, 9.17) is 0 Å². The van der Waals surface area contributed by atoms with E-state index in [-0.39, 0.29) is 28.3 Å². The van der Waals surface area contributed by atoms with Crippen LogP contribution in [0.1, 0.15) is 100.0 Å². The molecule has 2 N–H and O–H groups in total. The van der Waals surface area contributed by atoms with Gasteiger partial charge in [-0.1, -0.05) is 80.8 Å². The number of nitrogens with zero attached hydrogens (tertiary/aromatic N) is 1. The van der Waals surface area contributed by atoms with Gasteiger partial charge in [0.05, 0.1) is 11.8 Å². The standard InChI is InChI=1S/C24H31F3N2O.C5H10.Fe/c1-17-9-11-19(12-10-17)21-14-13-20(23(29-21)24(25,26)27)22(30)8-4-5-15-28-16-18-6-2-3-7-18;1-2-4-5-3-1;/h9-14,18,22,28,30H,2-8,15-16H2,1H3;1-5H2;. The van der Waals surface area contributed by atoms with Gasteiger partial charge in [-0.25, -0.2) is 4.98 Å². The fourth-order valence-electron chi connectivity index (χ4n) is 5.00. The number of aromatic nitrogens is 1. The van der Waals surface area contributed by atoms with E-state index in [9.17, 15) is 18.3 Å². The minimum atomic E-state index is -4.61. The zero-order valence-corrected chi connectivity index (χ0v) is 22.5. The Kier molecular flexibility index (Phi) is 13.5. The molecule has 1 aromatic carbocycles. The Hall–Kier alpha value is -1.40. The Balaban J connectivity index is 0.000000678. The number of hydrogen-bond donors (Lipinski definition) is 2. The molecule has 2 aliphatic carbocycles. The van der Waals surface area contributed by atoms with Gasteiger partial charge in [-0.15, -0.1) is 0 Å². The Labute approximate surface area is 225 Å². The number of aryl methyl sites for hydroxylation is 1. The van der Waals surface area contributed by atoms with Crippen LogP contribution in [-0.4, -0.2) is 23.2 Å². The number of hydrogen-bond acceptors (Lipinski definition) is 3. The van der Waals surface area contributed by atoms with Crippen LogP contribution in [0.3, 0.4) is 0 Å². The van der Waals surface area contributed by atoms with Crippen LogP contribution in [0.4, 0.5) is 13.2 Å². The van der Waals surface area contributed by atoms with Crippen LogP contribution in [-0.2, 0) is 23.2 Å². The molecule has 1 heterocycles. The smallest absolute Gasteiger partial charge is 0.388 e. The van der Waals surface area contributed by atoms with Gasteiger partial charge in [0.2, 0.25) is 0 Å². The van der Waals surface area contributed by atoms with E-state index in [1.807, 2.05) is 19.1 Å². The first kappa shape index (κ1) is 30.8. The molecule has 2 aliphatic rings. The minimum Gasteiger partial charge on any atom is -0.388 e. The van der Waals surface area contributed by atoms with Crippen LogP contribution in [0.25, 0.3) is 11.3 Å². The van der Waals surface area contributed by atoms with Crippen molar-refractivity contribution in [1.82, 2.24) is 10.3 Å². The summed E-state index contributed by atoms with van der Waals surface area (Å²) in [5.74, 6) is 0.767. The van der Waals surface area contributed by atoms with E-state index in [0.717, 1.165) is 31.0 Å². The zero-order chi connectivity index (χ0) is 25.1. The van der Waals surface area contributed by atoms with Gasteiger partial charge in [0.25, 0.3) is 0 Å². The summed E-state index contributed by atoms with van der Waals surface area (Å²) in [6, 6.07) is 10.1. The zero-order valence-electron chi connectivity index (χ0n) is 21.4. The van der Waals surface area contributed by atoms with Crippen LogP contribution in [0, 0.1) is 12.8 Å². The normalized spacial score (nSPS) is 16.8. The third-order valence-electron chi connectivity index (χ3n) is 7.14. The quantitative estimate of drug-likeness (QED) is 0.247. The predicted octanol–water partition coefficient (Wildman–Crippen LogP) is 8.01. The number of benzene rings is 1. The molecule has 1 unspecified atom stereocenters. The molecular formula is C29H41F3FeN2O. The van der Waals surface area contributed by atoms with Crippen LogP contribution >= 0.6 is 0 Å². The molecule has 4 rings (SSSR count). The van der Waals surface area contributed by atoms with Gasteiger partial charge in [-0.3, -0.25) is 0 Å². The Morgan fingerprint density at radius 3 is 2.11 bits per heavy atom. The molecule has 0 bridgehead atoms. The molecule has 0 saturated heterocycles. The monoisotopic (exact) mass is 546 g/mol. The largest absolute Gasteiger partial charge is 0.433 e. The van der Waals surface area contributed by atoms with Crippen molar-refractivity contribution in [2.75, 3.05) is 13.1 Å². The van der Waals surface area contributed by atoms with Gasteiger partial charge in [0.15, 0.2) is 5.69 Å². The molecule has 0 amide bonds. The molecule has 1 aromatic heterocycles. The first-order valence-corrected chi connectivity index (χ1v) is 13.4. The fourth-order valence-corrected chi connectivity index (χ4v) is 5.00. The second-order valence-electron chi connectivity index (χ2n) is 10.1. The number of aliphatic hydroxyl groups excluding tert-OH is 1. The Morgan fingerprint density at radius 2 is 1.53 bits per heavy atom. The van der Waals surface area contributed by atoms with E-state index < -0.39 is 18.0 Å². The Morgan fingerprint density at radius 1 is 0.917 bits per heavy atom. The molecule has 1 atom stereocenters. The molecule has 3 nitrogen and oxygen atoms in total. The number of alkyl halides is 3. The molecule has 2 fully saturated rings. The minimum absolute atomic E-state index is 0. The van der Waals surface area contributed by atoms with E-state index in [1.165, 1.54) is 63.9 Å². The number of unbranched alkanes of at least 4 members (excludes halogenated alkanes) is 1. The van der Waals surface area contributed by atoms with Gasteiger partial charge in [-0.2, -0.15) is 13.2 Å². The Bertz CT molecular complexity index is 871. The van der Waals surface area contributed by atoms with E-state index >= 15 is 0 Å². The SMILES string of the molecule is C1CCCC1.Cc1ccc(-c2ccc(C(O)CCCCNCC3CCCC3)c(C(F)(F)F)n2)cc1.[Fe]. The number of rotatable bonds is 9. The van der Waals surface area contributed by atoms with Crippen molar-refractivity contribution in [2.45, 2.75) is 96.3 Å². The third-order valence-corrected chi connectivity index (χ3v) is 7.14. The first-order chi connectivity index (χ1) is 16.8. The summed E-state index contributed by atoms with van der Waals surface area (Å²) in [5.41, 5.74) is 0.777. The van der Waals surface area contributed by atoms with Crippen molar-refractivity contribution < 1.29 is 35.3 Å². The van der Waals surface area contributed by atoms with Crippen LogP contribution in [0.2, 0.25) is 0 Å². The van der Waals surface area contributed by atoms with Gasteiger partial charge in [0, 0.05) is 28.2 Å². The van der Waals surface area contributed by atoms with Gasteiger partial charge in [0.1, 0.15) is 0 Å². The molecule has 202 valence electrons. The molecule has 2 aromatic rings. The van der Waals surface area contributed by atoms with Crippen LogP contribution in [0.15, 0.2) is 36.4 Å². The first-order valence-electron chi connectivity index (χ1n) is 13.4. The molecule has 36 heavy (non-hydrogen) atoms. The summed E-state index contributed by atoms with van der Waals surface area (Å²) in [6.45, 7) is 3.77. The number of nitrogens with one attached hydrogen (secondary N) is 1. The van der Waals surface area contributed by atoms with Crippen molar-refractivity contribution >= 4 is 0 Å². The maximum Gasteiger partial charge on any atom is 0.433 e. The number of halogens is 3. The summed E-state index contributed by atoms with van der Waals surface area (Å²) in [4.78, 5) is 3.87. The van der Waals surface area contributed by atoms with Crippen molar-refractivity contribution in [3.05, 3.63) is 53.2 Å². The summed E-state index contributed by atoms with van der Waals surface area (Å²) in [5, 5.41) is 13.9. The summed E-state index contributed by atoms with van der Waals surface area (Å²) in [7, 11) is 0. The summed E-state index contributed by atoms with van der Waals surface area (Å²) < 4.78 is 40.9. The van der Waals surface area contributed by atoms with Gasteiger partial charge in [-0.05, 0) is 64.1 Å². The average molecular weight is 546 g/mol. The molecule has 0 spiro atoms. The van der Waals surface area contributed by atoms with E-state index in [0.29, 0.717) is 18.4 Å². The number of aliphatic hydroxyl groups is 1. The van der Waals surface area contributed by atoms with Crippen molar-refractivity contribution in [3.8, 4) is 11.3 Å². The molecule has 0 aliphatic heterocycles. The second-order valence-corrected chi connectivity index (χ2v) is 10.1. The van der Waals surface area contributed by atoms with E-state index in [1.54, 1.807) is 18.2 Å². The average Bonchev–Trinajstić information content (AvgIpc) is 3.58. The molecule has 0 radical (unpaired) electrons. The maximum atomic E-state index is 13.6. The van der Waals surface area contributed by atoms with E-state index in [2.05, 4.69) is 10.3 Å². The van der Waals surface area contributed by atoms with Crippen LogP contribution in [0.5, 0.6) is 0 Å². The topological polar surface area (TPSA) is 45.1 Å². The maximum absolute atomic E-state index is 13.6. The predicted molar refractivity (Wildman–Crippen MR) is 136 cm³/mol. The van der Waals surface area contributed by atoms with Gasteiger partial charge < -0.3 is 10.4 Å². The second kappa shape index (κ2) is 15.8. The molecular weight excluding hydrogens is 505 g/mol. The van der Waals surface area contributed by atoms with Crippen molar-refractivity contribution in [3.63, 3.8) is 0 Å². The van der Waals surface area contributed by atoms with Crippen LogP contribution < -0.4 is 5.32 Å². The summed E-state index contributed by atoms with van der Waals surface area (Å²) >= 11 is 0. The van der Waals surface area contributed by atoms with Crippen molar-refractivity contribution in [2.24, 2.45) is 5.92 Å².